The van der Waals surface area contributed by atoms with Gasteiger partial charge in [-0.1, -0.05) is 6.07 Å². The first-order chi connectivity index (χ1) is 14.0. The van der Waals surface area contributed by atoms with Crippen LogP contribution in [0.4, 0.5) is 0 Å². The lowest BCUT2D eigenvalue weighted by Crippen LogP contribution is -2.51. The summed E-state index contributed by atoms with van der Waals surface area (Å²) >= 11 is 0. The minimum atomic E-state index is 0.140. The predicted octanol–water partition coefficient (Wildman–Crippen LogP) is 3.86. The minimum absolute atomic E-state index is 0.140. The van der Waals surface area contributed by atoms with E-state index in [0.717, 1.165) is 41.4 Å². The Balaban J connectivity index is 1.27. The summed E-state index contributed by atoms with van der Waals surface area (Å²) in [5.74, 6) is 4.42. The lowest BCUT2D eigenvalue weighted by Gasteiger charge is -2.56. The maximum atomic E-state index is 12.6. The number of nitrogens with one attached hydrogen (secondary N) is 1. The second-order valence-corrected chi connectivity index (χ2v) is 9.78. The Kier molecular flexibility index (Phi) is 6.05. The zero-order valence-corrected chi connectivity index (χ0v) is 18.2. The molecule has 4 saturated carbocycles. The summed E-state index contributed by atoms with van der Waals surface area (Å²) in [7, 11) is 3.65. The van der Waals surface area contributed by atoms with Crippen molar-refractivity contribution in [3.05, 3.63) is 23.8 Å². The molecule has 0 spiro atoms. The van der Waals surface area contributed by atoms with Gasteiger partial charge in [0.1, 0.15) is 0 Å². The summed E-state index contributed by atoms with van der Waals surface area (Å²) in [5.41, 5.74) is 1.51. The first kappa shape index (κ1) is 20.5. The topological polar surface area (TPSA) is 50.8 Å². The molecule has 5 nitrogen and oxygen atoms in total. The van der Waals surface area contributed by atoms with Gasteiger partial charge in [-0.05, 0) is 93.4 Å². The number of rotatable bonds is 9. The smallest absolute Gasteiger partial charge is 0.234 e. The van der Waals surface area contributed by atoms with Crippen LogP contribution in [0.5, 0.6) is 11.5 Å². The molecule has 0 heterocycles. The number of nitrogens with zero attached hydrogens (tertiary/aromatic N) is 1. The van der Waals surface area contributed by atoms with Crippen molar-refractivity contribution < 1.29 is 14.3 Å². The number of methoxy groups -OCH3 is 1. The highest BCUT2D eigenvalue weighted by molar-refractivity contribution is 5.78. The van der Waals surface area contributed by atoms with E-state index in [0.29, 0.717) is 25.1 Å². The Hall–Kier alpha value is -1.75. The Labute approximate surface area is 175 Å². The number of hydrogen-bond acceptors (Lipinski definition) is 4. The average molecular weight is 401 g/mol. The SMILES string of the molecule is CCOc1ccc(CN(C)CC(=O)NCC23CC4CC(CC(C4)C2)C3)cc1OC. The van der Waals surface area contributed by atoms with Gasteiger partial charge in [-0.25, -0.2) is 0 Å². The summed E-state index contributed by atoms with van der Waals surface area (Å²) in [6, 6.07) is 5.98. The number of carbonyl (C=O) groups is 1. The van der Waals surface area contributed by atoms with E-state index >= 15 is 0 Å². The number of ether oxygens (including phenoxy) is 2. The van der Waals surface area contributed by atoms with Crippen molar-refractivity contribution in [3.63, 3.8) is 0 Å². The van der Waals surface area contributed by atoms with Crippen LogP contribution in [-0.2, 0) is 11.3 Å². The van der Waals surface area contributed by atoms with Crippen molar-refractivity contribution >= 4 is 5.91 Å². The van der Waals surface area contributed by atoms with Gasteiger partial charge in [-0.15, -0.1) is 0 Å². The van der Waals surface area contributed by atoms with E-state index in [1.54, 1.807) is 7.11 Å². The van der Waals surface area contributed by atoms with Crippen molar-refractivity contribution in [2.45, 2.75) is 52.0 Å². The number of benzene rings is 1. The Morgan fingerprint density at radius 2 is 1.79 bits per heavy atom. The largest absolute Gasteiger partial charge is 0.493 e. The maximum absolute atomic E-state index is 12.6. The summed E-state index contributed by atoms with van der Waals surface area (Å²) in [5, 5.41) is 3.28. The maximum Gasteiger partial charge on any atom is 0.234 e. The molecule has 5 heteroatoms. The molecular formula is C24H36N2O3. The van der Waals surface area contributed by atoms with Crippen LogP contribution in [0, 0.1) is 23.2 Å². The van der Waals surface area contributed by atoms with Crippen LogP contribution in [0.1, 0.15) is 51.0 Å². The Morgan fingerprint density at radius 3 is 2.38 bits per heavy atom. The van der Waals surface area contributed by atoms with Gasteiger partial charge in [0.15, 0.2) is 11.5 Å². The highest BCUT2D eigenvalue weighted by Gasteiger charge is 2.50. The highest BCUT2D eigenvalue weighted by atomic mass is 16.5. The molecule has 160 valence electrons. The first-order valence-electron chi connectivity index (χ1n) is 11.2. The predicted molar refractivity (Wildman–Crippen MR) is 114 cm³/mol. The van der Waals surface area contributed by atoms with Gasteiger partial charge in [0, 0.05) is 13.1 Å². The molecule has 0 saturated heterocycles. The molecule has 1 N–H and O–H groups in total. The summed E-state index contributed by atoms with van der Waals surface area (Å²) in [4.78, 5) is 14.7. The van der Waals surface area contributed by atoms with E-state index in [4.69, 9.17) is 9.47 Å². The summed E-state index contributed by atoms with van der Waals surface area (Å²) in [6.45, 7) is 4.57. The van der Waals surface area contributed by atoms with Gasteiger partial charge in [0.2, 0.25) is 5.91 Å². The molecule has 4 aliphatic rings. The van der Waals surface area contributed by atoms with E-state index < -0.39 is 0 Å². The van der Waals surface area contributed by atoms with Gasteiger partial charge >= 0.3 is 0 Å². The number of likely N-dealkylation sites (N-methyl/N-ethyl adjacent to an activating group) is 1. The lowest BCUT2D eigenvalue weighted by molar-refractivity contribution is -0.124. The van der Waals surface area contributed by atoms with E-state index in [9.17, 15) is 4.79 Å². The van der Waals surface area contributed by atoms with Crippen molar-refractivity contribution in [2.24, 2.45) is 23.2 Å². The zero-order chi connectivity index (χ0) is 20.4. The normalized spacial score (nSPS) is 29.9. The molecule has 29 heavy (non-hydrogen) atoms. The van der Waals surface area contributed by atoms with Crippen LogP contribution in [0.2, 0.25) is 0 Å². The fraction of sp³-hybridized carbons (Fsp3) is 0.708. The molecule has 0 unspecified atom stereocenters. The Morgan fingerprint density at radius 1 is 1.14 bits per heavy atom. The van der Waals surface area contributed by atoms with Crippen molar-refractivity contribution in [3.8, 4) is 11.5 Å². The number of amides is 1. The first-order valence-corrected chi connectivity index (χ1v) is 11.2. The third kappa shape index (κ3) is 4.71. The molecule has 4 aliphatic carbocycles. The van der Waals surface area contributed by atoms with Crippen LogP contribution in [-0.4, -0.2) is 44.7 Å². The average Bonchev–Trinajstić information content (AvgIpc) is 2.67. The molecule has 0 atom stereocenters. The second-order valence-electron chi connectivity index (χ2n) is 9.78. The van der Waals surface area contributed by atoms with E-state index in [1.165, 1.54) is 38.5 Å². The van der Waals surface area contributed by atoms with Gasteiger partial charge in [-0.3, -0.25) is 9.69 Å². The third-order valence-corrected chi connectivity index (χ3v) is 7.22. The van der Waals surface area contributed by atoms with Crippen molar-refractivity contribution in [2.75, 3.05) is 33.9 Å². The second kappa shape index (κ2) is 8.55. The highest BCUT2D eigenvalue weighted by Crippen LogP contribution is 2.59. The zero-order valence-electron chi connectivity index (χ0n) is 18.2. The molecule has 0 aromatic heterocycles. The fourth-order valence-corrected chi connectivity index (χ4v) is 6.55. The van der Waals surface area contributed by atoms with Gasteiger partial charge < -0.3 is 14.8 Å². The molecular weight excluding hydrogens is 364 g/mol. The molecule has 1 aromatic rings. The molecule has 0 aliphatic heterocycles. The van der Waals surface area contributed by atoms with E-state index in [1.807, 2.05) is 32.2 Å². The lowest BCUT2D eigenvalue weighted by atomic mass is 9.49. The fourth-order valence-electron chi connectivity index (χ4n) is 6.55. The quantitative estimate of drug-likeness (QED) is 0.684. The standard InChI is InChI=1S/C24H36N2O3/c1-4-29-21-6-5-17(10-22(21)28-3)14-26(2)15-23(27)25-16-24-11-18-7-19(12-24)9-20(8-18)13-24/h5-6,10,18-20H,4,7-9,11-16H2,1-3H3,(H,25,27). The van der Waals surface area contributed by atoms with Crippen LogP contribution < -0.4 is 14.8 Å². The van der Waals surface area contributed by atoms with E-state index in [2.05, 4.69) is 10.2 Å². The monoisotopic (exact) mass is 400 g/mol. The van der Waals surface area contributed by atoms with Gasteiger partial charge in [0.05, 0.1) is 20.3 Å². The molecule has 4 fully saturated rings. The molecule has 5 rings (SSSR count). The van der Waals surface area contributed by atoms with Crippen molar-refractivity contribution in [1.29, 1.82) is 0 Å². The van der Waals surface area contributed by atoms with Crippen LogP contribution in [0.25, 0.3) is 0 Å². The number of carbonyl (C=O) groups excluding carboxylic acids is 1. The van der Waals surface area contributed by atoms with Gasteiger partial charge in [0.25, 0.3) is 0 Å². The molecule has 1 amide bonds. The van der Waals surface area contributed by atoms with Crippen LogP contribution >= 0.6 is 0 Å². The molecule has 0 radical (unpaired) electrons. The number of hydrogen-bond donors (Lipinski definition) is 1. The van der Waals surface area contributed by atoms with E-state index in [-0.39, 0.29) is 5.91 Å². The van der Waals surface area contributed by atoms with Crippen molar-refractivity contribution in [1.82, 2.24) is 10.2 Å². The van der Waals surface area contributed by atoms with Gasteiger partial charge in [-0.2, -0.15) is 0 Å². The third-order valence-electron chi connectivity index (χ3n) is 7.22. The summed E-state index contributed by atoms with van der Waals surface area (Å²) in [6.07, 6.45) is 8.34. The summed E-state index contributed by atoms with van der Waals surface area (Å²) < 4.78 is 11.0. The van der Waals surface area contributed by atoms with Crippen LogP contribution in [0.3, 0.4) is 0 Å². The Bertz CT molecular complexity index is 698. The molecule has 1 aromatic carbocycles. The van der Waals surface area contributed by atoms with Crippen LogP contribution in [0.15, 0.2) is 18.2 Å². The minimum Gasteiger partial charge on any atom is -0.493 e. The molecule has 4 bridgehead atoms.